The van der Waals surface area contributed by atoms with Gasteiger partial charge in [-0.25, -0.2) is 0 Å². The molecule has 2 nitrogen and oxygen atoms in total. The largest absolute Gasteiger partial charge is 0.302 e. The van der Waals surface area contributed by atoms with Crippen LogP contribution in [0.5, 0.6) is 0 Å². The normalized spacial score (nSPS) is 23.1. The Balaban J connectivity index is 1.85. The Morgan fingerprint density at radius 3 is 2.50 bits per heavy atom. The number of nitriles is 1. The minimum atomic E-state index is 0.738. The number of nitrogens with zero attached hydrogens (tertiary/aromatic N) is 2. The predicted molar refractivity (Wildman–Crippen MR) is 64.8 cm³/mol. The van der Waals surface area contributed by atoms with E-state index in [1.54, 1.807) is 0 Å². The van der Waals surface area contributed by atoms with E-state index in [9.17, 15) is 0 Å². The van der Waals surface area contributed by atoms with E-state index in [1.165, 1.54) is 18.5 Å². The molecule has 1 aromatic carbocycles. The standard InChI is InChI=1S/C14H18N2/c1-11-7-14(11)10-16(2)9-13-5-3-12(8-15)4-6-13/h3-6,11,14H,7,9-10H2,1-2H3. The molecule has 16 heavy (non-hydrogen) atoms. The van der Waals surface area contributed by atoms with Crippen LogP contribution in [-0.4, -0.2) is 18.5 Å². The molecule has 1 aliphatic rings. The lowest BCUT2D eigenvalue weighted by atomic mass is 10.1. The highest BCUT2D eigenvalue weighted by Crippen LogP contribution is 2.38. The van der Waals surface area contributed by atoms with Crippen LogP contribution in [0.4, 0.5) is 0 Å². The SMILES string of the molecule is CC1CC1CN(C)Cc1ccc(C#N)cc1. The van der Waals surface area contributed by atoms with Crippen molar-refractivity contribution in [3.05, 3.63) is 35.4 Å². The molecule has 2 unspecified atom stereocenters. The molecule has 0 saturated heterocycles. The van der Waals surface area contributed by atoms with Crippen LogP contribution in [0.25, 0.3) is 0 Å². The Kier molecular flexibility index (Phi) is 3.26. The van der Waals surface area contributed by atoms with E-state index >= 15 is 0 Å². The van der Waals surface area contributed by atoms with Crippen LogP contribution in [0, 0.1) is 23.2 Å². The molecule has 0 aliphatic heterocycles. The predicted octanol–water partition coefficient (Wildman–Crippen LogP) is 2.65. The maximum atomic E-state index is 8.71. The van der Waals surface area contributed by atoms with Gasteiger partial charge in [-0.2, -0.15) is 5.26 Å². The van der Waals surface area contributed by atoms with Gasteiger partial charge in [-0.15, -0.1) is 0 Å². The average Bonchev–Trinajstić information content (AvgIpc) is 2.95. The van der Waals surface area contributed by atoms with E-state index in [0.29, 0.717) is 0 Å². The van der Waals surface area contributed by atoms with Crippen LogP contribution in [0.2, 0.25) is 0 Å². The Hall–Kier alpha value is -1.33. The van der Waals surface area contributed by atoms with Crippen LogP contribution < -0.4 is 0 Å². The topological polar surface area (TPSA) is 27.0 Å². The molecular weight excluding hydrogens is 196 g/mol. The summed E-state index contributed by atoms with van der Waals surface area (Å²) in [5.74, 6) is 1.83. The van der Waals surface area contributed by atoms with Gasteiger partial charge in [0.1, 0.15) is 0 Å². The van der Waals surface area contributed by atoms with Gasteiger partial charge in [-0.3, -0.25) is 0 Å². The fourth-order valence-electron chi connectivity index (χ4n) is 2.11. The first-order valence-electron chi connectivity index (χ1n) is 5.86. The minimum absolute atomic E-state index is 0.738. The van der Waals surface area contributed by atoms with Crippen LogP contribution >= 0.6 is 0 Å². The molecule has 1 aromatic rings. The monoisotopic (exact) mass is 214 g/mol. The summed E-state index contributed by atoms with van der Waals surface area (Å²) in [6.07, 6.45) is 1.39. The van der Waals surface area contributed by atoms with Crippen molar-refractivity contribution in [2.24, 2.45) is 11.8 Å². The first kappa shape index (κ1) is 11.2. The van der Waals surface area contributed by atoms with Gasteiger partial charge < -0.3 is 4.90 Å². The summed E-state index contributed by atoms with van der Waals surface area (Å²) < 4.78 is 0. The van der Waals surface area contributed by atoms with Gasteiger partial charge in [0.15, 0.2) is 0 Å². The van der Waals surface area contributed by atoms with E-state index in [2.05, 4.69) is 24.9 Å². The summed E-state index contributed by atoms with van der Waals surface area (Å²) in [4.78, 5) is 2.37. The highest BCUT2D eigenvalue weighted by molar-refractivity contribution is 5.31. The molecule has 84 valence electrons. The molecule has 0 radical (unpaired) electrons. The highest BCUT2D eigenvalue weighted by Gasteiger charge is 2.32. The first-order valence-corrected chi connectivity index (χ1v) is 5.86. The quantitative estimate of drug-likeness (QED) is 0.770. The van der Waals surface area contributed by atoms with Crippen molar-refractivity contribution in [3.8, 4) is 6.07 Å². The van der Waals surface area contributed by atoms with E-state index in [-0.39, 0.29) is 0 Å². The lowest BCUT2D eigenvalue weighted by Crippen LogP contribution is -2.20. The summed E-state index contributed by atoms with van der Waals surface area (Å²) in [6.45, 7) is 4.50. The summed E-state index contributed by atoms with van der Waals surface area (Å²) >= 11 is 0. The van der Waals surface area contributed by atoms with Crippen molar-refractivity contribution in [1.29, 1.82) is 5.26 Å². The number of hydrogen-bond donors (Lipinski definition) is 0. The van der Waals surface area contributed by atoms with E-state index in [4.69, 9.17) is 5.26 Å². The Morgan fingerprint density at radius 1 is 1.38 bits per heavy atom. The number of benzene rings is 1. The summed E-state index contributed by atoms with van der Waals surface area (Å²) in [7, 11) is 2.17. The maximum absolute atomic E-state index is 8.71. The molecule has 0 N–H and O–H groups in total. The van der Waals surface area contributed by atoms with Crippen molar-refractivity contribution >= 4 is 0 Å². The van der Waals surface area contributed by atoms with Crippen molar-refractivity contribution < 1.29 is 0 Å². The molecule has 0 amide bonds. The summed E-state index contributed by atoms with van der Waals surface area (Å²) in [6, 6.07) is 10.0. The lowest BCUT2D eigenvalue weighted by Gasteiger charge is -2.16. The average molecular weight is 214 g/mol. The summed E-state index contributed by atoms with van der Waals surface area (Å²) in [5, 5.41) is 8.71. The van der Waals surface area contributed by atoms with E-state index in [0.717, 1.165) is 23.9 Å². The van der Waals surface area contributed by atoms with Gasteiger partial charge in [0, 0.05) is 13.1 Å². The maximum Gasteiger partial charge on any atom is 0.0991 e. The van der Waals surface area contributed by atoms with Crippen LogP contribution in [0.1, 0.15) is 24.5 Å². The molecule has 1 saturated carbocycles. The molecule has 1 aliphatic carbocycles. The Morgan fingerprint density at radius 2 is 2.00 bits per heavy atom. The zero-order chi connectivity index (χ0) is 11.5. The molecule has 2 heteroatoms. The summed E-state index contributed by atoms with van der Waals surface area (Å²) in [5.41, 5.74) is 2.03. The van der Waals surface area contributed by atoms with E-state index < -0.39 is 0 Å². The fraction of sp³-hybridized carbons (Fsp3) is 0.500. The first-order chi connectivity index (χ1) is 7.69. The van der Waals surface area contributed by atoms with Crippen LogP contribution in [0.3, 0.4) is 0 Å². The molecule has 0 heterocycles. The van der Waals surface area contributed by atoms with Crippen LogP contribution in [0.15, 0.2) is 24.3 Å². The van der Waals surface area contributed by atoms with Gasteiger partial charge >= 0.3 is 0 Å². The lowest BCUT2D eigenvalue weighted by molar-refractivity contribution is 0.307. The Labute approximate surface area is 97.5 Å². The van der Waals surface area contributed by atoms with E-state index in [1.807, 2.05) is 24.3 Å². The molecule has 2 atom stereocenters. The second-order valence-electron chi connectivity index (χ2n) is 4.98. The molecule has 0 bridgehead atoms. The molecule has 0 aromatic heterocycles. The molecule has 1 fully saturated rings. The fourth-order valence-corrected chi connectivity index (χ4v) is 2.11. The van der Waals surface area contributed by atoms with Gasteiger partial charge in [0.25, 0.3) is 0 Å². The van der Waals surface area contributed by atoms with Gasteiger partial charge in [-0.1, -0.05) is 19.1 Å². The third-order valence-electron chi connectivity index (χ3n) is 3.36. The minimum Gasteiger partial charge on any atom is -0.302 e. The zero-order valence-electron chi connectivity index (χ0n) is 9.98. The second-order valence-corrected chi connectivity index (χ2v) is 4.98. The van der Waals surface area contributed by atoms with Crippen molar-refractivity contribution in [3.63, 3.8) is 0 Å². The Bertz CT molecular complexity index is 388. The smallest absolute Gasteiger partial charge is 0.0991 e. The van der Waals surface area contributed by atoms with Gasteiger partial charge in [-0.05, 0) is 43.0 Å². The number of rotatable bonds is 4. The van der Waals surface area contributed by atoms with Crippen LogP contribution in [-0.2, 0) is 6.54 Å². The van der Waals surface area contributed by atoms with Gasteiger partial charge in [0.05, 0.1) is 11.6 Å². The van der Waals surface area contributed by atoms with Gasteiger partial charge in [0.2, 0.25) is 0 Å². The highest BCUT2D eigenvalue weighted by atomic mass is 15.1. The third kappa shape index (κ3) is 2.84. The molecule has 2 rings (SSSR count). The van der Waals surface area contributed by atoms with Crippen molar-refractivity contribution in [2.45, 2.75) is 19.9 Å². The molecule has 0 spiro atoms. The molecular formula is C14H18N2. The number of hydrogen-bond acceptors (Lipinski definition) is 2. The van der Waals surface area contributed by atoms with Crippen molar-refractivity contribution in [2.75, 3.05) is 13.6 Å². The van der Waals surface area contributed by atoms with Crippen molar-refractivity contribution in [1.82, 2.24) is 4.90 Å². The zero-order valence-corrected chi connectivity index (χ0v) is 9.98. The second kappa shape index (κ2) is 4.67. The third-order valence-corrected chi connectivity index (χ3v) is 3.36.